The third-order valence-electron chi connectivity index (χ3n) is 4.80. The number of carbonyl (C=O) groups is 1. The van der Waals surface area contributed by atoms with Gasteiger partial charge in [0.15, 0.2) is 0 Å². The van der Waals surface area contributed by atoms with E-state index in [9.17, 15) is 9.59 Å². The van der Waals surface area contributed by atoms with Crippen LogP contribution in [-0.4, -0.2) is 29.8 Å². The van der Waals surface area contributed by atoms with Crippen molar-refractivity contribution in [2.75, 3.05) is 5.32 Å². The lowest BCUT2D eigenvalue weighted by Gasteiger charge is -2.07. The standard InChI is InChI=1S/C19H22N6O2/c1-23-11-9-20-18(23)14-6-5-7-15(12-14)21-17(26)13-25-19(27)24-10-4-2-3-8-16(24)22-25/h5-7,9,11-12H,2-4,8,10,13H2,1H3,(H,21,26). The highest BCUT2D eigenvalue weighted by atomic mass is 16.2. The second kappa shape index (κ2) is 7.22. The number of nitrogens with one attached hydrogen (secondary N) is 1. The van der Waals surface area contributed by atoms with Gasteiger partial charge in [-0.15, -0.1) is 0 Å². The van der Waals surface area contributed by atoms with E-state index in [-0.39, 0.29) is 18.1 Å². The second-order valence-corrected chi connectivity index (χ2v) is 6.81. The minimum absolute atomic E-state index is 0.0918. The second-order valence-electron chi connectivity index (χ2n) is 6.81. The molecule has 0 unspecified atom stereocenters. The highest BCUT2D eigenvalue weighted by Gasteiger charge is 2.17. The number of benzene rings is 1. The number of hydrogen-bond donors (Lipinski definition) is 1. The zero-order valence-electron chi connectivity index (χ0n) is 15.3. The zero-order valence-corrected chi connectivity index (χ0v) is 15.3. The summed E-state index contributed by atoms with van der Waals surface area (Å²) in [6.07, 6.45) is 7.50. The van der Waals surface area contributed by atoms with Gasteiger partial charge in [0, 0.05) is 43.7 Å². The van der Waals surface area contributed by atoms with Crippen LogP contribution < -0.4 is 11.0 Å². The fourth-order valence-corrected chi connectivity index (χ4v) is 3.44. The smallest absolute Gasteiger partial charge is 0.334 e. The van der Waals surface area contributed by atoms with E-state index in [0.29, 0.717) is 12.2 Å². The molecule has 0 aliphatic carbocycles. The Morgan fingerprint density at radius 2 is 2.15 bits per heavy atom. The lowest BCUT2D eigenvalue weighted by molar-refractivity contribution is -0.117. The summed E-state index contributed by atoms with van der Waals surface area (Å²) in [5.41, 5.74) is 1.37. The summed E-state index contributed by atoms with van der Waals surface area (Å²) in [7, 11) is 1.92. The first-order chi connectivity index (χ1) is 13.1. The van der Waals surface area contributed by atoms with Gasteiger partial charge in [-0.3, -0.25) is 9.36 Å². The highest BCUT2D eigenvalue weighted by Crippen LogP contribution is 2.20. The average Bonchev–Trinajstić information content (AvgIpc) is 3.10. The molecule has 3 heterocycles. The number of hydrogen-bond acceptors (Lipinski definition) is 4. The Hall–Kier alpha value is -3.16. The van der Waals surface area contributed by atoms with Crippen LogP contribution in [0.15, 0.2) is 41.5 Å². The predicted octanol–water partition coefficient (Wildman–Crippen LogP) is 1.81. The molecule has 1 aromatic carbocycles. The molecule has 140 valence electrons. The molecule has 0 saturated carbocycles. The minimum Gasteiger partial charge on any atom is -0.334 e. The van der Waals surface area contributed by atoms with E-state index in [1.165, 1.54) is 4.68 Å². The number of aromatic nitrogens is 5. The van der Waals surface area contributed by atoms with Crippen molar-refractivity contribution in [1.82, 2.24) is 23.9 Å². The maximum atomic E-state index is 12.5. The third kappa shape index (κ3) is 3.55. The highest BCUT2D eigenvalue weighted by molar-refractivity contribution is 5.91. The number of imidazole rings is 1. The van der Waals surface area contributed by atoms with Crippen LogP contribution in [0.1, 0.15) is 25.1 Å². The summed E-state index contributed by atoms with van der Waals surface area (Å²) in [6, 6.07) is 7.49. The minimum atomic E-state index is -0.276. The molecule has 8 nitrogen and oxygen atoms in total. The van der Waals surface area contributed by atoms with E-state index in [0.717, 1.165) is 42.9 Å². The van der Waals surface area contributed by atoms with Crippen LogP contribution in [0.25, 0.3) is 11.4 Å². The Balaban J connectivity index is 1.49. The molecule has 8 heteroatoms. The summed E-state index contributed by atoms with van der Waals surface area (Å²) < 4.78 is 4.87. The predicted molar refractivity (Wildman–Crippen MR) is 101 cm³/mol. The molecule has 0 atom stereocenters. The molecular formula is C19H22N6O2. The first kappa shape index (κ1) is 17.3. The van der Waals surface area contributed by atoms with Crippen LogP contribution >= 0.6 is 0 Å². The van der Waals surface area contributed by atoms with E-state index in [1.54, 1.807) is 10.8 Å². The van der Waals surface area contributed by atoms with Gasteiger partial charge in [-0.05, 0) is 25.0 Å². The van der Waals surface area contributed by atoms with E-state index in [4.69, 9.17) is 0 Å². The fraction of sp³-hybridized carbons (Fsp3) is 0.368. The van der Waals surface area contributed by atoms with Gasteiger partial charge in [0.05, 0.1) is 0 Å². The molecule has 0 fully saturated rings. The average molecular weight is 366 g/mol. The van der Waals surface area contributed by atoms with Crippen LogP contribution in [0.3, 0.4) is 0 Å². The maximum absolute atomic E-state index is 12.5. The van der Waals surface area contributed by atoms with Gasteiger partial charge >= 0.3 is 5.69 Å². The molecule has 0 spiro atoms. The van der Waals surface area contributed by atoms with Crippen molar-refractivity contribution in [3.05, 3.63) is 53.0 Å². The summed E-state index contributed by atoms with van der Waals surface area (Å²) in [5, 5.41) is 7.20. The largest absolute Gasteiger partial charge is 0.346 e. The van der Waals surface area contributed by atoms with Crippen LogP contribution in [-0.2, 0) is 31.4 Å². The van der Waals surface area contributed by atoms with E-state index in [2.05, 4.69) is 15.4 Å². The number of nitrogens with zero attached hydrogens (tertiary/aromatic N) is 5. The number of fused-ring (bicyclic) bond motifs is 1. The van der Waals surface area contributed by atoms with Gasteiger partial charge in [0.25, 0.3) is 0 Å². The lowest BCUT2D eigenvalue weighted by atomic mass is 10.2. The topological polar surface area (TPSA) is 86.7 Å². The Bertz CT molecular complexity index is 1030. The van der Waals surface area contributed by atoms with Gasteiger partial charge in [0.2, 0.25) is 5.91 Å². The van der Waals surface area contributed by atoms with Gasteiger partial charge < -0.3 is 9.88 Å². The molecule has 1 aliphatic rings. The van der Waals surface area contributed by atoms with Gasteiger partial charge in [-0.2, -0.15) is 5.10 Å². The van der Waals surface area contributed by atoms with Crippen LogP contribution in [0, 0.1) is 0 Å². The molecule has 0 saturated heterocycles. The maximum Gasteiger partial charge on any atom is 0.346 e. The number of carbonyl (C=O) groups excluding carboxylic acids is 1. The van der Waals surface area contributed by atoms with Crippen molar-refractivity contribution >= 4 is 11.6 Å². The first-order valence-electron chi connectivity index (χ1n) is 9.16. The zero-order chi connectivity index (χ0) is 18.8. The van der Waals surface area contributed by atoms with Crippen molar-refractivity contribution < 1.29 is 4.79 Å². The molecular weight excluding hydrogens is 344 g/mol. The number of amides is 1. The Morgan fingerprint density at radius 1 is 1.26 bits per heavy atom. The molecule has 1 N–H and O–H groups in total. The van der Waals surface area contributed by atoms with Gasteiger partial charge in [0.1, 0.15) is 18.2 Å². The van der Waals surface area contributed by atoms with E-state index < -0.39 is 0 Å². The summed E-state index contributed by atoms with van der Waals surface area (Å²) in [6.45, 7) is 0.590. The van der Waals surface area contributed by atoms with Crippen LogP contribution in [0.2, 0.25) is 0 Å². The van der Waals surface area contributed by atoms with E-state index in [1.807, 2.05) is 42.1 Å². The molecule has 2 aromatic heterocycles. The quantitative estimate of drug-likeness (QED) is 0.763. The normalized spacial score (nSPS) is 13.8. The van der Waals surface area contributed by atoms with Gasteiger partial charge in [-0.1, -0.05) is 18.6 Å². The molecule has 0 bridgehead atoms. The fourth-order valence-electron chi connectivity index (χ4n) is 3.44. The monoisotopic (exact) mass is 366 g/mol. The van der Waals surface area contributed by atoms with Crippen molar-refractivity contribution in [3.8, 4) is 11.4 Å². The molecule has 0 radical (unpaired) electrons. The van der Waals surface area contributed by atoms with Gasteiger partial charge in [-0.25, -0.2) is 14.5 Å². The number of rotatable bonds is 4. The number of aryl methyl sites for hydroxylation is 2. The number of anilines is 1. The molecule has 1 amide bonds. The molecule has 4 rings (SSSR count). The first-order valence-corrected chi connectivity index (χ1v) is 9.16. The Kier molecular flexibility index (Phi) is 4.62. The lowest BCUT2D eigenvalue weighted by Crippen LogP contribution is -2.30. The Labute approximate surface area is 156 Å². The van der Waals surface area contributed by atoms with Crippen LogP contribution in [0.5, 0.6) is 0 Å². The summed E-state index contributed by atoms with van der Waals surface area (Å²) >= 11 is 0. The van der Waals surface area contributed by atoms with E-state index >= 15 is 0 Å². The third-order valence-corrected chi connectivity index (χ3v) is 4.80. The van der Waals surface area contributed by atoms with Crippen molar-refractivity contribution in [1.29, 1.82) is 0 Å². The summed E-state index contributed by atoms with van der Waals surface area (Å²) in [4.78, 5) is 29.2. The Morgan fingerprint density at radius 3 is 2.96 bits per heavy atom. The van der Waals surface area contributed by atoms with Crippen molar-refractivity contribution in [2.24, 2.45) is 7.05 Å². The SMILES string of the molecule is Cn1ccnc1-c1cccc(NC(=O)Cn2nc3n(c2=O)CCCCC3)c1. The molecule has 1 aliphatic heterocycles. The van der Waals surface area contributed by atoms with Crippen molar-refractivity contribution in [2.45, 2.75) is 38.8 Å². The molecule has 3 aromatic rings. The summed E-state index contributed by atoms with van der Waals surface area (Å²) in [5.74, 6) is 1.32. The molecule has 27 heavy (non-hydrogen) atoms. The van der Waals surface area contributed by atoms with Crippen LogP contribution in [0.4, 0.5) is 5.69 Å². The van der Waals surface area contributed by atoms with Crippen molar-refractivity contribution in [3.63, 3.8) is 0 Å².